The van der Waals surface area contributed by atoms with Crippen molar-refractivity contribution in [2.75, 3.05) is 22.9 Å². The van der Waals surface area contributed by atoms with Gasteiger partial charge in [-0.1, -0.05) is 6.07 Å². The molecule has 2 aromatic carbocycles. The zero-order chi connectivity index (χ0) is 33.2. The number of aryl methyl sites for hydroxylation is 3. The Hall–Kier alpha value is -3.48. The lowest BCUT2D eigenvalue weighted by Gasteiger charge is -2.35. The average molecular weight is 688 g/mol. The van der Waals surface area contributed by atoms with Crippen molar-refractivity contribution < 1.29 is 36.2 Å². The molecule has 0 spiro atoms. The second-order valence-electron chi connectivity index (χ2n) is 12.5. The van der Waals surface area contributed by atoms with E-state index in [4.69, 9.17) is 0 Å². The number of nitrogens with zero attached hydrogens (tertiary/aromatic N) is 5. The van der Waals surface area contributed by atoms with E-state index in [0.29, 0.717) is 25.3 Å². The van der Waals surface area contributed by atoms with Crippen LogP contribution in [0.3, 0.4) is 0 Å². The predicted octanol–water partition coefficient (Wildman–Crippen LogP) is 8.08. The Labute approximate surface area is 276 Å². The van der Waals surface area contributed by atoms with Crippen LogP contribution < -0.4 is 9.80 Å². The van der Waals surface area contributed by atoms with Crippen LogP contribution >= 0.6 is 12.4 Å². The quantitative estimate of drug-likeness (QED) is 0.217. The summed E-state index contributed by atoms with van der Waals surface area (Å²) in [5.74, 6) is -0.584. The molecule has 2 aliphatic rings. The van der Waals surface area contributed by atoms with Gasteiger partial charge < -0.3 is 14.9 Å². The number of fused-ring (bicyclic) bond motifs is 1. The van der Waals surface area contributed by atoms with Crippen molar-refractivity contribution >= 4 is 30.0 Å². The average Bonchev–Trinajstić information content (AvgIpc) is 3.44. The third kappa shape index (κ3) is 8.91. The first-order valence-corrected chi connectivity index (χ1v) is 15.7. The Balaban J connectivity index is 0.00000500. The Bertz CT molecular complexity index is 1500. The number of hydrogen-bond donors (Lipinski definition) is 1. The summed E-state index contributed by atoms with van der Waals surface area (Å²) in [7, 11) is 1.64. The highest BCUT2D eigenvalue weighted by Crippen LogP contribution is 2.38. The fourth-order valence-electron chi connectivity index (χ4n) is 6.75. The second-order valence-corrected chi connectivity index (χ2v) is 12.5. The van der Waals surface area contributed by atoms with Crippen LogP contribution in [0.2, 0.25) is 0 Å². The Kier molecular flexibility index (Phi) is 11.4. The molecule has 0 radical (unpaired) electrons. The van der Waals surface area contributed by atoms with E-state index in [1.165, 1.54) is 22.1 Å². The van der Waals surface area contributed by atoms with Crippen LogP contribution in [0.15, 0.2) is 36.7 Å². The zero-order valence-corrected chi connectivity index (χ0v) is 27.2. The predicted molar refractivity (Wildman–Crippen MR) is 169 cm³/mol. The Morgan fingerprint density at radius 2 is 1.49 bits per heavy atom. The Morgan fingerprint density at radius 3 is 2.00 bits per heavy atom. The molecule has 258 valence electrons. The summed E-state index contributed by atoms with van der Waals surface area (Å²) in [6.45, 7) is 3.32. The maximum Gasteiger partial charge on any atom is 0.416 e. The molecule has 14 heteroatoms. The van der Waals surface area contributed by atoms with Crippen molar-refractivity contribution in [1.29, 1.82) is 0 Å². The van der Waals surface area contributed by atoms with E-state index in [1.807, 2.05) is 6.92 Å². The molecule has 7 nitrogen and oxygen atoms in total. The van der Waals surface area contributed by atoms with E-state index in [-0.39, 0.29) is 49.0 Å². The van der Waals surface area contributed by atoms with Gasteiger partial charge in [0.1, 0.15) is 6.33 Å². The summed E-state index contributed by atoms with van der Waals surface area (Å²) < 4.78 is 83.6. The fraction of sp³-hybridized carbons (Fsp3) is 0.545. The number of rotatable bonds is 10. The fourth-order valence-corrected chi connectivity index (χ4v) is 6.75. The topological polar surface area (TPSA) is 74.5 Å². The number of carbonyl (C=O) groups is 1. The molecule has 1 N–H and O–H groups in total. The van der Waals surface area contributed by atoms with Gasteiger partial charge in [0.15, 0.2) is 0 Å². The lowest BCUT2D eigenvalue weighted by atomic mass is 9.81. The van der Waals surface area contributed by atoms with Crippen LogP contribution in [-0.4, -0.2) is 38.9 Å². The third-order valence-corrected chi connectivity index (χ3v) is 9.19. The molecule has 3 aromatic rings. The van der Waals surface area contributed by atoms with Crippen LogP contribution in [0.25, 0.3) is 0 Å². The van der Waals surface area contributed by atoms with E-state index in [0.717, 1.165) is 68.5 Å². The van der Waals surface area contributed by atoms with Gasteiger partial charge in [-0.05, 0) is 111 Å². The van der Waals surface area contributed by atoms with E-state index in [2.05, 4.69) is 27.1 Å². The normalized spacial score (nSPS) is 18.3. The van der Waals surface area contributed by atoms with Crippen LogP contribution in [0, 0.1) is 11.8 Å². The number of carboxylic acid groups (broad SMARTS) is 1. The SMILES string of the molecule is CCN(C[C@H]1CC[C@H](C(=O)O)CC1)c1cc2c(cc1CN(Cc1cc(C(F)(F)F)cc(C(F)(F)F)c1)c1ncn(C)n1)CCCC2.Cl. The van der Waals surface area contributed by atoms with Crippen molar-refractivity contribution in [1.82, 2.24) is 14.8 Å². The summed E-state index contributed by atoms with van der Waals surface area (Å²) in [5, 5.41) is 13.8. The maximum absolute atomic E-state index is 13.7. The number of halogens is 7. The van der Waals surface area contributed by atoms with Gasteiger partial charge in [-0.15, -0.1) is 17.5 Å². The number of alkyl halides is 6. The summed E-state index contributed by atoms with van der Waals surface area (Å²) in [6, 6.07) is 5.95. The van der Waals surface area contributed by atoms with Crippen LogP contribution in [0.4, 0.5) is 38.0 Å². The van der Waals surface area contributed by atoms with Gasteiger partial charge in [0.05, 0.1) is 17.0 Å². The molecule has 1 saturated carbocycles. The molecular weight excluding hydrogens is 648 g/mol. The van der Waals surface area contributed by atoms with Crippen molar-refractivity contribution in [3.8, 4) is 0 Å². The van der Waals surface area contributed by atoms with Crippen LogP contribution in [0.1, 0.15) is 78.8 Å². The summed E-state index contributed by atoms with van der Waals surface area (Å²) in [4.78, 5) is 19.7. The monoisotopic (exact) mass is 687 g/mol. The molecule has 1 aromatic heterocycles. The highest BCUT2D eigenvalue weighted by atomic mass is 35.5. The highest BCUT2D eigenvalue weighted by molar-refractivity contribution is 5.85. The minimum atomic E-state index is -4.96. The van der Waals surface area contributed by atoms with Crippen molar-refractivity contribution in [2.24, 2.45) is 18.9 Å². The standard InChI is InChI=1S/C33H39F6N5O2.ClH/c1-3-43(17-21-8-10-23(11-9-21)30(45)46)29-15-25-7-5-4-6-24(25)14-26(29)19-44(31-40-20-42(2)41-31)18-22-12-27(32(34,35)36)16-28(13-22)33(37,38)39;/h12-16,20-21,23H,3-11,17-19H2,1-2H3,(H,45,46);1H/t21-,23-;. The minimum absolute atomic E-state index is 0. The van der Waals surface area contributed by atoms with Gasteiger partial charge in [0.25, 0.3) is 0 Å². The van der Waals surface area contributed by atoms with Crippen molar-refractivity contribution in [3.63, 3.8) is 0 Å². The van der Waals surface area contributed by atoms with Crippen LogP contribution in [-0.2, 0) is 50.1 Å². The van der Waals surface area contributed by atoms with Gasteiger partial charge in [-0.2, -0.15) is 26.3 Å². The van der Waals surface area contributed by atoms with E-state index >= 15 is 0 Å². The second kappa shape index (κ2) is 14.7. The van der Waals surface area contributed by atoms with E-state index in [9.17, 15) is 36.2 Å². The maximum atomic E-state index is 13.7. The van der Waals surface area contributed by atoms with E-state index < -0.39 is 29.4 Å². The first-order chi connectivity index (χ1) is 21.7. The number of carboxylic acids is 1. The van der Waals surface area contributed by atoms with Gasteiger partial charge >= 0.3 is 18.3 Å². The molecule has 0 amide bonds. The van der Waals surface area contributed by atoms with Gasteiger partial charge in [0, 0.05) is 38.9 Å². The number of aromatic nitrogens is 3. The number of aliphatic carboxylic acids is 1. The number of hydrogen-bond acceptors (Lipinski definition) is 5. The number of benzene rings is 2. The largest absolute Gasteiger partial charge is 0.481 e. The first-order valence-electron chi connectivity index (χ1n) is 15.7. The molecule has 0 aliphatic heterocycles. The van der Waals surface area contributed by atoms with Crippen LogP contribution in [0.5, 0.6) is 0 Å². The first kappa shape index (κ1) is 36.4. The highest BCUT2D eigenvalue weighted by Gasteiger charge is 2.37. The zero-order valence-electron chi connectivity index (χ0n) is 26.4. The van der Waals surface area contributed by atoms with E-state index in [1.54, 1.807) is 11.9 Å². The van der Waals surface area contributed by atoms with Gasteiger partial charge in [0.2, 0.25) is 5.95 Å². The molecule has 0 unspecified atom stereocenters. The van der Waals surface area contributed by atoms with Crippen molar-refractivity contribution in [3.05, 3.63) is 70.0 Å². The summed E-state index contributed by atoms with van der Waals surface area (Å²) in [6.07, 6.45) is -1.70. The summed E-state index contributed by atoms with van der Waals surface area (Å²) >= 11 is 0. The van der Waals surface area contributed by atoms with Gasteiger partial charge in [-0.25, -0.2) is 4.98 Å². The molecule has 0 bridgehead atoms. The molecule has 1 heterocycles. The smallest absolute Gasteiger partial charge is 0.416 e. The van der Waals surface area contributed by atoms with Gasteiger partial charge in [-0.3, -0.25) is 9.48 Å². The number of anilines is 2. The molecule has 2 aliphatic carbocycles. The molecule has 0 atom stereocenters. The lowest BCUT2D eigenvalue weighted by Crippen LogP contribution is -2.34. The molecule has 47 heavy (non-hydrogen) atoms. The summed E-state index contributed by atoms with van der Waals surface area (Å²) in [5.41, 5.74) is 1.40. The Morgan fingerprint density at radius 1 is 0.894 bits per heavy atom. The lowest BCUT2D eigenvalue weighted by molar-refractivity contribution is -0.144. The molecular formula is C33H40ClF6N5O2. The molecule has 0 saturated heterocycles. The molecule has 5 rings (SSSR count). The minimum Gasteiger partial charge on any atom is -0.481 e. The molecule has 1 fully saturated rings. The third-order valence-electron chi connectivity index (χ3n) is 9.19. The van der Waals surface area contributed by atoms with Crippen molar-refractivity contribution in [2.45, 2.75) is 83.7 Å².